The lowest BCUT2D eigenvalue weighted by atomic mass is 9.48. The van der Waals surface area contributed by atoms with Gasteiger partial charge in [0.2, 0.25) is 0 Å². The van der Waals surface area contributed by atoms with Crippen molar-refractivity contribution < 1.29 is 0 Å². The Labute approximate surface area is 300 Å². The molecule has 5 aromatic carbocycles. The van der Waals surface area contributed by atoms with Crippen molar-refractivity contribution in [2.24, 2.45) is 17.8 Å². The second kappa shape index (κ2) is 11.3. The van der Waals surface area contributed by atoms with Gasteiger partial charge in [0.15, 0.2) is 17.5 Å². The minimum Gasteiger partial charge on any atom is -0.208 e. The average Bonchev–Trinajstić information content (AvgIpc) is 3.39. The highest BCUT2D eigenvalue weighted by Crippen LogP contribution is 2.61. The van der Waals surface area contributed by atoms with E-state index in [9.17, 15) is 5.26 Å². The van der Waals surface area contributed by atoms with Gasteiger partial charge in [0.25, 0.3) is 0 Å². The number of nitrogens with zero attached hydrogens (tertiary/aromatic N) is 4. The van der Waals surface area contributed by atoms with E-state index < -0.39 is 0 Å². The Morgan fingerprint density at radius 3 is 1.82 bits per heavy atom. The normalized spacial score (nSPS) is 23.4. The fourth-order valence-corrected chi connectivity index (χ4v) is 10.7. The zero-order valence-corrected chi connectivity index (χ0v) is 29.2. The van der Waals surface area contributed by atoms with Crippen molar-refractivity contribution in [2.45, 2.75) is 63.2 Å². The maximum Gasteiger partial charge on any atom is 0.164 e. The lowest BCUT2D eigenvalue weighted by Crippen LogP contribution is -2.48. The molecule has 11 rings (SSSR count). The average molecular weight is 661 g/mol. The maximum absolute atomic E-state index is 9.62. The third-order valence-corrected chi connectivity index (χ3v) is 12.7. The van der Waals surface area contributed by atoms with Crippen LogP contribution < -0.4 is 0 Å². The van der Waals surface area contributed by atoms with Crippen LogP contribution in [0.3, 0.4) is 0 Å². The minimum absolute atomic E-state index is 0.209. The molecular formula is C47H40N4. The topological polar surface area (TPSA) is 62.5 Å². The van der Waals surface area contributed by atoms with Crippen LogP contribution in [0.5, 0.6) is 0 Å². The van der Waals surface area contributed by atoms with Gasteiger partial charge in [0, 0.05) is 22.1 Å². The Bertz CT molecular complexity index is 2350. The van der Waals surface area contributed by atoms with Gasteiger partial charge in [-0.15, -0.1) is 0 Å². The van der Waals surface area contributed by atoms with Crippen LogP contribution in [0.2, 0.25) is 0 Å². The summed E-state index contributed by atoms with van der Waals surface area (Å²) in [5.41, 5.74) is 12.4. The molecular weight excluding hydrogens is 621 g/mol. The van der Waals surface area contributed by atoms with Crippen LogP contribution in [0, 0.1) is 29.1 Å². The molecule has 4 heteroatoms. The van der Waals surface area contributed by atoms with E-state index in [1.165, 1.54) is 60.8 Å². The number of hydrogen-bond acceptors (Lipinski definition) is 4. The fraction of sp³-hybridized carbons (Fsp3) is 0.277. The van der Waals surface area contributed by atoms with Crippen molar-refractivity contribution in [1.82, 2.24) is 15.0 Å². The van der Waals surface area contributed by atoms with Crippen LogP contribution in [-0.2, 0) is 10.8 Å². The molecule has 4 nitrogen and oxygen atoms in total. The molecule has 4 fully saturated rings. The molecule has 0 radical (unpaired) electrons. The van der Waals surface area contributed by atoms with Crippen molar-refractivity contribution in [3.05, 3.63) is 138 Å². The zero-order chi connectivity index (χ0) is 34.3. The Morgan fingerprint density at radius 2 is 1.14 bits per heavy atom. The second-order valence-electron chi connectivity index (χ2n) is 16.3. The molecule has 0 unspecified atom stereocenters. The Hall–Kier alpha value is -5.40. The van der Waals surface area contributed by atoms with E-state index in [2.05, 4.69) is 105 Å². The molecule has 0 spiro atoms. The predicted octanol–water partition coefficient (Wildman–Crippen LogP) is 11.2. The second-order valence-corrected chi connectivity index (χ2v) is 16.3. The molecule has 4 saturated carbocycles. The fourth-order valence-electron chi connectivity index (χ4n) is 10.7. The van der Waals surface area contributed by atoms with Gasteiger partial charge in [0.05, 0.1) is 11.6 Å². The van der Waals surface area contributed by atoms with E-state index in [0.29, 0.717) is 28.5 Å². The molecule has 248 valence electrons. The highest BCUT2D eigenvalue weighted by Gasteiger charge is 2.51. The number of nitriles is 1. The van der Waals surface area contributed by atoms with E-state index in [1.807, 2.05) is 30.3 Å². The molecule has 5 aliphatic rings. The zero-order valence-electron chi connectivity index (χ0n) is 29.2. The van der Waals surface area contributed by atoms with E-state index in [0.717, 1.165) is 45.6 Å². The summed E-state index contributed by atoms with van der Waals surface area (Å²) in [5.74, 6) is 4.75. The summed E-state index contributed by atoms with van der Waals surface area (Å²) < 4.78 is 0. The highest BCUT2D eigenvalue weighted by atomic mass is 15.0. The standard InChI is InChI=1S/C47H40N4/c1-46(2)41-19-15-35(24-40(41)38-18-12-29(28-48)23-42(38)46)44-49-43(34-8-4-3-5-9-34)50-45(51-44)39-11-7-6-10-37(39)33-13-16-36(17-14-33)47-25-30-20-31(26-47)22-32(21-30)27-47/h3-19,23-24,30-32H,20-22,25-27H2,1-2H3/t30-,31+,32-,47?. The monoisotopic (exact) mass is 660 g/mol. The molecule has 0 amide bonds. The van der Waals surface area contributed by atoms with Crippen molar-refractivity contribution in [1.29, 1.82) is 5.26 Å². The Kier molecular flexibility index (Phi) is 6.74. The number of hydrogen-bond donors (Lipinski definition) is 0. The summed E-state index contributed by atoms with van der Waals surface area (Å²) in [5, 5.41) is 9.62. The summed E-state index contributed by atoms with van der Waals surface area (Å²) in [6.07, 6.45) is 8.50. The third kappa shape index (κ3) is 4.89. The number of fused-ring (bicyclic) bond motifs is 3. The summed E-state index contributed by atoms with van der Waals surface area (Å²) in [4.78, 5) is 15.4. The molecule has 1 heterocycles. The molecule has 0 saturated heterocycles. The lowest BCUT2D eigenvalue weighted by Gasteiger charge is -2.57. The van der Waals surface area contributed by atoms with Crippen LogP contribution in [0.15, 0.2) is 115 Å². The number of benzene rings is 5. The van der Waals surface area contributed by atoms with Gasteiger partial charge in [-0.1, -0.05) is 111 Å². The van der Waals surface area contributed by atoms with E-state index >= 15 is 0 Å². The van der Waals surface area contributed by atoms with Gasteiger partial charge in [-0.2, -0.15) is 5.26 Å². The summed E-state index contributed by atoms with van der Waals surface area (Å²) in [7, 11) is 0. The summed E-state index contributed by atoms with van der Waals surface area (Å²) >= 11 is 0. The summed E-state index contributed by atoms with van der Waals surface area (Å²) in [6, 6.07) is 43.2. The Morgan fingerprint density at radius 1 is 0.529 bits per heavy atom. The first-order chi connectivity index (χ1) is 24.9. The van der Waals surface area contributed by atoms with Crippen LogP contribution in [0.25, 0.3) is 56.4 Å². The highest BCUT2D eigenvalue weighted by molar-refractivity contribution is 5.85. The SMILES string of the molecule is CC1(C)c2ccc(-c3nc(-c4ccccc4)nc(-c4ccccc4-c4ccc(C56C[C@H]7C[C@@H](C5)C[C@@H](C6)C7)cc4)n3)cc2-c2ccc(C#N)cc21. The molecule has 0 N–H and O–H groups in total. The van der Waals surface area contributed by atoms with Crippen molar-refractivity contribution in [3.8, 4) is 62.5 Å². The predicted molar refractivity (Wildman–Crippen MR) is 204 cm³/mol. The molecule has 4 bridgehead atoms. The molecule has 5 aliphatic carbocycles. The smallest absolute Gasteiger partial charge is 0.164 e. The van der Waals surface area contributed by atoms with Gasteiger partial charge < -0.3 is 0 Å². The number of aromatic nitrogens is 3. The molecule has 51 heavy (non-hydrogen) atoms. The lowest BCUT2D eigenvalue weighted by molar-refractivity contribution is -0.00518. The third-order valence-electron chi connectivity index (χ3n) is 12.7. The van der Waals surface area contributed by atoms with Gasteiger partial charge in [-0.05, 0) is 119 Å². The van der Waals surface area contributed by atoms with Gasteiger partial charge in [-0.25, -0.2) is 15.0 Å². The van der Waals surface area contributed by atoms with Crippen molar-refractivity contribution >= 4 is 0 Å². The largest absolute Gasteiger partial charge is 0.208 e. The first-order valence-corrected chi connectivity index (χ1v) is 18.6. The van der Waals surface area contributed by atoms with Crippen LogP contribution in [0.1, 0.15) is 74.6 Å². The van der Waals surface area contributed by atoms with Crippen LogP contribution in [0.4, 0.5) is 0 Å². The maximum atomic E-state index is 9.62. The minimum atomic E-state index is -0.209. The van der Waals surface area contributed by atoms with Gasteiger partial charge >= 0.3 is 0 Å². The van der Waals surface area contributed by atoms with E-state index in [4.69, 9.17) is 15.0 Å². The molecule has 6 aromatic rings. The van der Waals surface area contributed by atoms with Crippen molar-refractivity contribution in [3.63, 3.8) is 0 Å². The summed E-state index contributed by atoms with van der Waals surface area (Å²) in [6.45, 7) is 4.47. The Balaban J connectivity index is 1.07. The molecule has 0 atom stereocenters. The molecule has 0 aliphatic heterocycles. The van der Waals surface area contributed by atoms with E-state index in [-0.39, 0.29) is 5.41 Å². The van der Waals surface area contributed by atoms with Gasteiger partial charge in [0.1, 0.15) is 0 Å². The number of rotatable bonds is 5. The molecule has 1 aromatic heterocycles. The first kappa shape index (κ1) is 30.4. The quantitative estimate of drug-likeness (QED) is 0.185. The van der Waals surface area contributed by atoms with Gasteiger partial charge in [-0.3, -0.25) is 0 Å². The van der Waals surface area contributed by atoms with Crippen molar-refractivity contribution in [2.75, 3.05) is 0 Å². The van der Waals surface area contributed by atoms with E-state index in [1.54, 1.807) is 5.56 Å². The van der Waals surface area contributed by atoms with Crippen LogP contribution >= 0.6 is 0 Å². The first-order valence-electron chi connectivity index (χ1n) is 18.6. The van der Waals surface area contributed by atoms with Crippen LogP contribution in [-0.4, -0.2) is 15.0 Å².